The Hall–Kier alpha value is -3.35. The Labute approximate surface area is 199 Å². The van der Waals surface area contributed by atoms with Crippen molar-refractivity contribution < 1.29 is 24.2 Å². The zero-order valence-corrected chi connectivity index (χ0v) is 19.7. The Morgan fingerprint density at radius 1 is 1.06 bits per heavy atom. The number of benzene rings is 2. The van der Waals surface area contributed by atoms with Crippen LogP contribution in [-0.4, -0.2) is 42.3 Å². The number of ether oxygens (including phenoxy) is 1. The van der Waals surface area contributed by atoms with Crippen molar-refractivity contribution in [1.29, 1.82) is 0 Å². The Morgan fingerprint density at radius 3 is 2.18 bits per heavy atom. The molecule has 1 saturated carbocycles. The van der Waals surface area contributed by atoms with E-state index in [-0.39, 0.29) is 25.0 Å². The normalized spacial score (nSPS) is 17.1. The first-order valence-electron chi connectivity index (χ1n) is 11.9. The van der Waals surface area contributed by atoms with Crippen molar-refractivity contribution in [2.45, 2.75) is 51.5 Å². The van der Waals surface area contributed by atoms with Crippen molar-refractivity contribution in [3.63, 3.8) is 0 Å². The van der Waals surface area contributed by atoms with Crippen LogP contribution in [-0.2, 0) is 14.3 Å². The van der Waals surface area contributed by atoms with Crippen LogP contribution in [0.5, 0.6) is 0 Å². The molecule has 2 atom stereocenters. The molecule has 0 heterocycles. The van der Waals surface area contributed by atoms with E-state index in [1.165, 1.54) is 0 Å². The molecule has 0 radical (unpaired) electrons. The number of carboxylic acids is 1. The summed E-state index contributed by atoms with van der Waals surface area (Å²) in [5.41, 5.74) is 3.63. The second-order valence-electron chi connectivity index (χ2n) is 9.64. The van der Waals surface area contributed by atoms with Crippen LogP contribution in [0, 0.1) is 11.3 Å². The molecule has 180 valence electrons. The summed E-state index contributed by atoms with van der Waals surface area (Å²) in [6.07, 6.45) is 2.31. The van der Waals surface area contributed by atoms with E-state index in [0.717, 1.165) is 35.1 Å². The second kappa shape index (κ2) is 9.87. The summed E-state index contributed by atoms with van der Waals surface area (Å²) in [6.45, 7) is 3.82. The van der Waals surface area contributed by atoms with Crippen LogP contribution in [0.4, 0.5) is 4.79 Å². The summed E-state index contributed by atoms with van der Waals surface area (Å²) in [6, 6.07) is 15.3. The number of alkyl carbamates (subject to hydrolysis) is 1. The lowest BCUT2D eigenvalue weighted by Gasteiger charge is -2.29. The molecular formula is C27H32N2O5. The van der Waals surface area contributed by atoms with Crippen molar-refractivity contribution in [1.82, 2.24) is 10.6 Å². The monoisotopic (exact) mass is 464 g/mol. The minimum Gasteiger partial charge on any atom is -0.480 e. The van der Waals surface area contributed by atoms with E-state index in [1.807, 2.05) is 31.2 Å². The summed E-state index contributed by atoms with van der Waals surface area (Å²) in [7, 11) is 0. The number of amides is 2. The molecule has 2 aromatic carbocycles. The summed E-state index contributed by atoms with van der Waals surface area (Å²) in [4.78, 5) is 37.0. The minimum atomic E-state index is -1.02. The Bertz CT molecular complexity index is 1030. The van der Waals surface area contributed by atoms with Gasteiger partial charge in [-0.1, -0.05) is 68.3 Å². The fourth-order valence-corrected chi connectivity index (χ4v) is 4.52. The van der Waals surface area contributed by atoms with Gasteiger partial charge in [0.25, 0.3) is 0 Å². The van der Waals surface area contributed by atoms with Gasteiger partial charge < -0.3 is 20.5 Å². The summed E-state index contributed by atoms with van der Waals surface area (Å²) in [5, 5.41) is 14.8. The van der Waals surface area contributed by atoms with E-state index in [2.05, 4.69) is 34.9 Å². The topological polar surface area (TPSA) is 105 Å². The van der Waals surface area contributed by atoms with Crippen LogP contribution in [0.15, 0.2) is 48.5 Å². The van der Waals surface area contributed by atoms with Gasteiger partial charge in [0.05, 0.1) is 5.41 Å². The number of rotatable bonds is 10. The number of carboxylic acid groups (broad SMARTS) is 1. The highest BCUT2D eigenvalue weighted by Gasteiger charge is 2.37. The van der Waals surface area contributed by atoms with E-state index in [0.29, 0.717) is 18.8 Å². The third-order valence-electron chi connectivity index (χ3n) is 7.16. The van der Waals surface area contributed by atoms with Gasteiger partial charge in [0, 0.05) is 12.5 Å². The molecule has 2 aliphatic rings. The maximum absolute atomic E-state index is 12.9. The number of hydrogen-bond donors (Lipinski definition) is 3. The highest BCUT2D eigenvalue weighted by Crippen LogP contribution is 2.44. The van der Waals surface area contributed by atoms with Crippen LogP contribution < -0.4 is 10.6 Å². The number of carbonyl (C=O) groups is 3. The predicted molar refractivity (Wildman–Crippen MR) is 128 cm³/mol. The number of carbonyl (C=O) groups excluding carboxylic acids is 2. The molecule has 0 aliphatic heterocycles. The van der Waals surface area contributed by atoms with Gasteiger partial charge in [-0.25, -0.2) is 9.59 Å². The van der Waals surface area contributed by atoms with E-state index in [9.17, 15) is 19.5 Å². The lowest BCUT2D eigenvalue weighted by molar-refractivity contribution is -0.144. The van der Waals surface area contributed by atoms with E-state index >= 15 is 0 Å². The second-order valence-corrected chi connectivity index (χ2v) is 9.64. The molecule has 0 aromatic heterocycles. The molecule has 1 unspecified atom stereocenters. The van der Waals surface area contributed by atoms with Crippen molar-refractivity contribution in [3.05, 3.63) is 59.7 Å². The van der Waals surface area contributed by atoms with Gasteiger partial charge in [0.15, 0.2) is 0 Å². The highest BCUT2D eigenvalue weighted by atomic mass is 16.5. The molecule has 4 rings (SSSR count). The summed E-state index contributed by atoms with van der Waals surface area (Å²) in [5.74, 6) is -1.07. The van der Waals surface area contributed by atoms with Crippen LogP contribution in [0.25, 0.3) is 11.1 Å². The number of fused-ring (bicyclic) bond motifs is 3. The van der Waals surface area contributed by atoms with Gasteiger partial charge in [-0.15, -0.1) is 0 Å². The zero-order valence-electron chi connectivity index (χ0n) is 19.7. The van der Waals surface area contributed by atoms with Gasteiger partial charge in [-0.05, 0) is 47.9 Å². The fraction of sp³-hybridized carbons (Fsp3) is 0.444. The first-order valence-corrected chi connectivity index (χ1v) is 11.9. The average Bonchev–Trinajstić information content (AvgIpc) is 3.61. The van der Waals surface area contributed by atoms with Crippen molar-refractivity contribution in [2.75, 3.05) is 13.2 Å². The first-order chi connectivity index (χ1) is 16.3. The number of aliphatic carboxylic acids is 1. The van der Waals surface area contributed by atoms with Crippen LogP contribution in [0.2, 0.25) is 0 Å². The van der Waals surface area contributed by atoms with Crippen molar-refractivity contribution in [3.8, 4) is 11.1 Å². The lowest BCUT2D eigenvalue weighted by atomic mass is 9.86. The van der Waals surface area contributed by atoms with E-state index in [4.69, 9.17) is 4.74 Å². The van der Waals surface area contributed by atoms with Gasteiger partial charge in [-0.2, -0.15) is 0 Å². The lowest BCUT2D eigenvalue weighted by Crippen LogP contribution is -2.51. The molecule has 7 nitrogen and oxygen atoms in total. The molecule has 0 saturated heterocycles. The van der Waals surface area contributed by atoms with Gasteiger partial charge in [0.2, 0.25) is 5.91 Å². The number of nitrogens with one attached hydrogen (secondary N) is 2. The average molecular weight is 465 g/mol. The maximum atomic E-state index is 12.9. The Balaban J connectivity index is 1.34. The molecule has 0 bridgehead atoms. The third kappa shape index (κ3) is 5.08. The Morgan fingerprint density at radius 2 is 1.65 bits per heavy atom. The fourth-order valence-electron chi connectivity index (χ4n) is 4.52. The summed E-state index contributed by atoms with van der Waals surface area (Å²) >= 11 is 0. The third-order valence-corrected chi connectivity index (χ3v) is 7.16. The molecule has 2 amide bonds. The van der Waals surface area contributed by atoms with E-state index in [1.54, 1.807) is 6.92 Å². The molecule has 2 aliphatic carbocycles. The largest absolute Gasteiger partial charge is 0.480 e. The standard InChI is InChI=1S/C27H32N2O5/c1-3-27(2,25(32)29-23(24(30)31)14-17-12-13-17)16-28-26(33)34-15-22-20-10-6-4-8-18(20)19-9-5-7-11-21(19)22/h4-11,17,22-23H,3,12-16H2,1-2H3,(H,28,33)(H,29,32)(H,30,31)/t23-,27?/m0/s1. The van der Waals surface area contributed by atoms with Crippen LogP contribution in [0.3, 0.4) is 0 Å². The summed E-state index contributed by atoms with van der Waals surface area (Å²) < 4.78 is 5.56. The van der Waals surface area contributed by atoms with Gasteiger partial charge in [-0.3, -0.25) is 4.79 Å². The van der Waals surface area contributed by atoms with Crippen molar-refractivity contribution >= 4 is 18.0 Å². The molecule has 3 N–H and O–H groups in total. The van der Waals surface area contributed by atoms with Crippen LogP contribution in [0.1, 0.15) is 56.6 Å². The Kier molecular flexibility index (Phi) is 6.91. The quantitative estimate of drug-likeness (QED) is 0.486. The van der Waals surface area contributed by atoms with Gasteiger partial charge >= 0.3 is 12.1 Å². The molecule has 2 aromatic rings. The van der Waals surface area contributed by atoms with Gasteiger partial charge in [0.1, 0.15) is 12.6 Å². The predicted octanol–water partition coefficient (Wildman–Crippen LogP) is 4.31. The highest BCUT2D eigenvalue weighted by molar-refractivity contribution is 5.87. The molecule has 1 fully saturated rings. The van der Waals surface area contributed by atoms with E-state index < -0.39 is 23.5 Å². The zero-order chi connectivity index (χ0) is 24.3. The smallest absolute Gasteiger partial charge is 0.407 e. The minimum absolute atomic E-state index is 0.0437. The SMILES string of the molecule is CCC(C)(CNC(=O)OCC1c2ccccc2-c2ccccc21)C(=O)N[C@@H](CC1CC1)C(=O)O. The molecule has 0 spiro atoms. The first kappa shape index (κ1) is 23.8. The maximum Gasteiger partial charge on any atom is 0.407 e. The molecular weight excluding hydrogens is 432 g/mol. The number of hydrogen-bond acceptors (Lipinski definition) is 4. The molecule has 7 heteroatoms. The molecule has 34 heavy (non-hydrogen) atoms. The van der Waals surface area contributed by atoms with Crippen molar-refractivity contribution in [2.24, 2.45) is 11.3 Å². The van der Waals surface area contributed by atoms with Crippen LogP contribution >= 0.6 is 0 Å².